The fourth-order valence-electron chi connectivity index (χ4n) is 2.03. The first-order valence-corrected chi connectivity index (χ1v) is 7.24. The minimum Gasteiger partial charge on any atom is -0.308 e. The zero-order valence-corrected chi connectivity index (χ0v) is 13.0. The third-order valence-corrected chi connectivity index (χ3v) is 3.46. The fraction of sp³-hybridized carbons (Fsp3) is 0.400. The van der Waals surface area contributed by atoms with Crippen LogP contribution in [0.25, 0.3) is 0 Å². The normalized spacial score (nSPS) is 11.0. The van der Waals surface area contributed by atoms with Crippen molar-refractivity contribution >= 4 is 17.4 Å². The predicted octanol–water partition coefficient (Wildman–Crippen LogP) is 2.31. The number of aromatic nitrogens is 3. The summed E-state index contributed by atoms with van der Waals surface area (Å²) in [6.07, 6.45) is 6.09. The molecule has 2 aromatic heterocycles. The Labute approximate surface area is 129 Å². The summed E-state index contributed by atoms with van der Waals surface area (Å²) in [4.78, 5) is 18.5. The molecule has 6 heteroatoms. The summed E-state index contributed by atoms with van der Waals surface area (Å²) in [7, 11) is 3.96. The van der Waals surface area contributed by atoms with Crippen LogP contribution >= 0.6 is 11.6 Å². The number of halogens is 1. The maximum atomic E-state index is 12.4. The molecule has 0 spiro atoms. The molecule has 0 aliphatic carbocycles. The summed E-state index contributed by atoms with van der Waals surface area (Å²) < 4.78 is 1.69. The number of pyridine rings is 1. The van der Waals surface area contributed by atoms with E-state index in [0.717, 1.165) is 12.1 Å². The van der Waals surface area contributed by atoms with E-state index in [1.807, 2.05) is 31.1 Å². The molecule has 2 aromatic rings. The molecule has 0 saturated heterocycles. The molecule has 0 N–H and O–H groups in total. The van der Waals surface area contributed by atoms with Gasteiger partial charge in [0.15, 0.2) is 5.78 Å². The van der Waals surface area contributed by atoms with Gasteiger partial charge in [0.2, 0.25) is 0 Å². The summed E-state index contributed by atoms with van der Waals surface area (Å²) in [5.74, 6) is 0.0140. The van der Waals surface area contributed by atoms with Gasteiger partial charge in [-0.3, -0.25) is 14.5 Å². The van der Waals surface area contributed by atoms with Crippen LogP contribution in [0.5, 0.6) is 0 Å². The van der Waals surface area contributed by atoms with Gasteiger partial charge in [-0.05, 0) is 32.1 Å². The second-order valence-corrected chi connectivity index (χ2v) is 5.56. The van der Waals surface area contributed by atoms with Crippen molar-refractivity contribution in [2.24, 2.45) is 0 Å². The van der Waals surface area contributed by atoms with Gasteiger partial charge in [-0.15, -0.1) is 0 Å². The molecule has 5 nitrogen and oxygen atoms in total. The molecule has 0 bridgehead atoms. The molecule has 0 unspecified atom stereocenters. The van der Waals surface area contributed by atoms with Gasteiger partial charge in [-0.25, -0.2) is 0 Å². The van der Waals surface area contributed by atoms with Crippen molar-refractivity contribution < 1.29 is 4.79 Å². The third-order valence-electron chi connectivity index (χ3n) is 3.18. The number of carbonyl (C=O) groups is 1. The number of ketones is 1. The van der Waals surface area contributed by atoms with E-state index >= 15 is 0 Å². The largest absolute Gasteiger partial charge is 0.308 e. The summed E-state index contributed by atoms with van der Waals surface area (Å²) in [5.41, 5.74) is 1.55. The van der Waals surface area contributed by atoms with Gasteiger partial charge in [0.05, 0.1) is 17.8 Å². The number of hydrogen-bond acceptors (Lipinski definition) is 4. The summed E-state index contributed by atoms with van der Waals surface area (Å²) in [6.45, 7) is 1.45. The highest BCUT2D eigenvalue weighted by Gasteiger charge is 2.17. The molecule has 0 aliphatic heterocycles. The van der Waals surface area contributed by atoms with Crippen LogP contribution < -0.4 is 0 Å². The molecule has 0 radical (unpaired) electrons. The van der Waals surface area contributed by atoms with Crippen LogP contribution in [0.3, 0.4) is 0 Å². The third kappa shape index (κ3) is 4.37. The number of hydrogen-bond donors (Lipinski definition) is 0. The van der Waals surface area contributed by atoms with Gasteiger partial charge in [-0.2, -0.15) is 5.10 Å². The molecule has 2 heterocycles. The lowest BCUT2D eigenvalue weighted by Crippen LogP contribution is -2.21. The lowest BCUT2D eigenvalue weighted by atomic mass is 10.1. The average molecular weight is 307 g/mol. The summed E-state index contributed by atoms with van der Waals surface area (Å²) in [6, 6.07) is 3.83. The van der Waals surface area contributed by atoms with Crippen LogP contribution in [-0.4, -0.2) is 46.1 Å². The smallest absolute Gasteiger partial charge is 0.182 e. The molecule has 0 amide bonds. The Hall–Kier alpha value is -1.72. The van der Waals surface area contributed by atoms with Crippen molar-refractivity contribution in [3.63, 3.8) is 0 Å². The minimum absolute atomic E-state index is 0.0140. The second-order valence-electron chi connectivity index (χ2n) is 5.15. The molecule has 0 atom stereocenters. The van der Waals surface area contributed by atoms with Crippen molar-refractivity contribution in [3.05, 3.63) is 47.0 Å². The van der Waals surface area contributed by atoms with E-state index in [1.54, 1.807) is 17.1 Å². The van der Waals surface area contributed by atoms with Crippen molar-refractivity contribution in [1.29, 1.82) is 0 Å². The molecule has 0 aliphatic rings. The minimum atomic E-state index is 0.0140. The van der Waals surface area contributed by atoms with E-state index in [4.69, 9.17) is 11.6 Å². The number of Topliss-reactive ketones (excluding diaryl/α,β-unsaturated/α-hetero) is 1. The van der Waals surface area contributed by atoms with Crippen molar-refractivity contribution in [2.45, 2.75) is 19.4 Å². The van der Waals surface area contributed by atoms with Crippen LogP contribution in [0.15, 0.2) is 30.7 Å². The highest BCUT2D eigenvalue weighted by molar-refractivity contribution is 6.33. The Morgan fingerprint density at radius 2 is 2.19 bits per heavy atom. The van der Waals surface area contributed by atoms with Gasteiger partial charge in [-0.1, -0.05) is 17.7 Å². The summed E-state index contributed by atoms with van der Waals surface area (Å²) in [5, 5.41) is 4.61. The molecule has 0 aromatic carbocycles. The quantitative estimate of drug-likeness (QED) is 0.737. The van der Waals surface area contributed by atoms with Crippen molar-refractivity contribution in [2.75, 3.05) is 20.6 Å². The molecule has 0 saturated carbocycles. The SMILES string of the molecule is CN(C)CCn1ncc(Cl)c1C(=O)CCc1cccnc1. The predicted molar refractivity (Wildman–Crippen MR) is 82.7 cm³/mol. The Morgan fingerprint density at radius 1 is 1.38 bits per heavy atom. The van der Waals surface area contributed by atoms with E-state index < -0.39 is 0 Å². The first kappa shape index (κ1) is 15.7. The average Bonchev–Trinajstić information content (AvgIpc) is 2.85. The first-order valence-electron chi connectivity index (χ1n) is 6.86. The van der Waals surface area contributed by atoms with Gasteiger partial charge in [0, 0.05) is 25.4 Å². The van der Waals surface area contributed by atoms with Gasteiger partial charge < -0.3 is 4.90 Å². The topological polar surface area (TPSA) is 51.0 Å². The zero-order chi connectivity index (χ0) is 15.2. The monoisotopic (exact) mass is 306 g/mol. The Morgan fingerprint density at radius 3 is 2.86 bits per heavy atom. The van der Waals surface area contributed by atoms with Gasteiger partial charge in [0.1, 0.15) is 5.69 Å². The highest BCUT2D eigenvalue weighted by atomic mass is 35.5. The van der Waals surface area contributed by atoms with Crippen LogP contribution in [0.2, 0.25) is 5.02 Å². The molecular formula is C15H19ClN4O. The van der Waals surface area contributed by atoms with Crippen molar-refractivity contribution in [1.82, 2.24) is 19.7 Å². The molecule has 112 valence electrons. The second kappa shape index (κ2) is 7.33. The first-order chi connectivity index (χ1) is 10.1. The number of rotatable bonds is 7. The maximum absolute atomic E-state index is 12.4. The molecule has 2 rings (SSSR count). The van der Waals surface area contributed by atoms with Crippen molar-refractivity contribution in [3.8, 4) is 0 Å². The van der Waals surface area contributed by atoms with E-state index in [2.05, 4.69) is 10.1 Å². The van der Waals surface area contributed by atoms with E-state index in [-0.39, 0.29) is 5.78 Å². The highest BCUT2D eigenvalue weighted by Crippen LogP contribution is 2.18. The zero-order valence-electron chi connectivity index (χ0n) is 12.3. The number of aryl methyl sites for hydroxylation is 1. The molecule has 0 fully saturated rings. The summed E-state index contributed by atoms with van der Waals surface area (Å²) >= 11 is 6.11. The van der Waals surface area contributed by atoms with Crippen LogP contribution in [-0.2, 0) is 13.0 Å². The van der Waals surface area contributed by atoms with E-state index in [9.17, 15) is 4.79 Å². The van der Waals surface area contributed by atoms with Gasteiger partial charge in [0.25, 0.3) is 0 Å². The van der Waals surface area contributed by atoms with Crippen LogP contribution in [0, 0.1) is 0 Å². The lowest BCUT2D eigenvalue weighted by molar-refractivity contribution is 0.0971. The van der Waals surface area contributed by atoms with Gasteiger partial charge >= 0.3 is 0 Å². The standard InChI is InChI=1S/C15H19ClN4O/c1-19(2)8-9-20-15(13(16)11-18-20)14(21)6-5-12-4-3-7-17-10-12/h3-4,7,10-11H,5-6,8-9H2,1-2H3. The number of likely N-dealkylation sites (N-methyl/N-ethyl adjacent to an activating group) is 1. The molecule has 21 heavy (non-hydrogen) atoms. The maximum Gasteiger partial charge on any atom is 0.182 e. The van der Waals surface area contributed by atoms with Crippen LogP contribution in [0.4, 0.5) is 0 Å². The van der Waals surface area contributed by atoms with E-state index in [1.165, 1.54) is 6.20 Å². The Balaban J connectivity index is 2.03. The van der Waals surface area contributed by atoms with E-state index in [0.29, 0.717) is 30.1 Å². The Kier molecular flexibility index (Phi) is 5.47. The van der Waals surface area contributed by atoms with Crippen LogP contribution in [0.1, 0.15) is 22.5 Å². The molecular weight excluding hydrogens is 288 g/mol. The number of carbonyl (C=O) groups excluding carboxylic acids is 1. The fourth-order valence-corrected chi connectivity index (χ4v) is 2.27. The Bertz CT molecular complexity index is 595. The number of nitrogens with zero attached hydrogens (tertiary/aromatic N) is 4. The lowest BCUT2D eigenvalue weighted by Gasteiger charge is -2.11.